The Bertz CT molecular complexity index is 1070. The largest absolute Gasteiger partial charge is 0.351 e. The van der Waals surface area contributed by atoms with E-state index >= 15 is 0 Å². The normalized spacial score (nSPS) is 14.6. The van der Waals surface area contributed by atoms with Crippen molar-refractivity contribution < 1.29 is 14.4 Å². The number of rotatable bonds is 8. The van der Waals surface area contributed by atoms with Crippen molar-refractivity contribution in [2.75, 3.05) is 11.4 Å². The third kappa shape index (κ3) is 5.69. The topological polar surface area (TPSA) is 78.5 Å². The Labute approximate surface area is 201 Å². The molecule has 1 aliphatic rings. The molecule has 0 spiro atoms. The SMILES string of the molecule is Cc1ccc(N(C(=O)CNC(=O)c2cccs2)[C@@H](C(=O)NC2CCCC2)c2cccs2)cc1. The van der Waals surface area contributed by atoms with Crippen LogP contribution in [0.25, 0.3) is 0 Å². The van der Waals surface area contributed by atoms with Crippen molar-refractivity contribution >= 4 is 46.1 Å². The van der Waals surface area contributed by atoms with E-state index in [-0.39, 0.29) is 30.3 Å². The first-order valence-corrected chi connectivity index (χ1v) is 12.8. The maximum absolute atomic E-state index is 13.5. The van der Waals surface area contributed by atoms with E-state index in [1.54, 1.807) is 12.1 Å². The Morgan fingerprint density at radius 2 is 1.70 bits per heavy atom. The van der Waals surface area contributed by atoms with Crippen LogP contribution in [0.15, 0.2) is 59.3 Å². The van der Waals surface area contributed by atoms with Crippen LogP contribution in [0.4, 0.5) is 5.69 Å². The second-order valence-corrected chi connectivity index (χ2v) is 10.1. The molecule has 172 valence electrons. The molecule has 3 amide bonds. The monoisotopic (exact) mass is 481 g/mol. The standard InChI is InChI=1S/C25H27N3O3S2/c1-17-10-12-19(13-11-17)28(22(29)16-26-24(30)21-9-5-15-33-21)23(20-8-4-14-32-20)25(31)27-18-6-2-3-7-18/h4-5,8-15,18,23H,2-3,6-7,16H2,1H3,(H,26,30)(H,27,31)/t23-/m1/s1. The highest BCUT2D eigenvalue weighted by Gasteiger charge is 2.35. The molecule has 3 aromatic rings. The molecule has 0 unspecified atom stereocenters. The molecule has 2 aromatic heterocycles. The molecule has 4 rings (SSSR count). The summed E-state index contributed by atoms with van der Waals surface area (Å²) in [5, 5.41) is 9.59. The van der Waals surface area contributed by atoms with Gasteiger partial charge in [-0.05, 0) is 54.8 Å². The number of thiophene rings is 2. The second-order valence-electron chi connectivity index (χ2n) is 8.17. The highest BCUT2D eigenvalue weighted by Crippen LogP contribution is 2.32. The van der Waals surface area contributed by atoms with Crippen LogP contribution in [0.3, 0.4) is 0 Å². The first-order chi connectivity index (χ1) is 16.0. The lowest BCUT2D eigenvalue weighted by atomic mass is 10.1. The number of carbonyl (C=O) groups is 3. The van der Waals surface area contributed by atoms with Gasteiger partial charge in [-0.3, -0.25) is 19.3 Å². The number of nitrogens with zero attached hydrogens (tertiary/aromatic N) is 1. The van der Waals surface area contributed by atoms with E-state index in [9.17, 15) is 14.4 Å². The Hall–Kier alpha value is -2.97. The number of amides is 3. The van der Waals surface area contributed by atoms with Crippen molar-refractivity contribution in [3.8, 4) is 0 Å². The molecule has 1 saturated carbocycles. The Morgan fingerprint density at radius 3 is 2.33 bits per heavy atom. The summed E-state index contributed by atoms with van der Waals surface area (Å²) in [5.41, 5.74) is 1.68. The maximum Gasteiger partial charge on any atom is 0.261 e. The van der Waals surface area contributed by atoms with Crippen molar-refractivity contribution in [2.24, 2.45) is 0 Å². The maximum atomic E-state index is 13.5. The molecule has 2 heterocycles. The Kier molecular flexibility index (Phi) is 7.57. The van der Waals surface area contributed by atoms with Crippen LogP contribution >= 0.6 is 22.7 Å². The molecule has 1 atom stereocenters. The van der Waals surface area contributed by atoms with Crippen molar-refractivity contribution in [1.29, 1.82) is 0 Å². The minimum absolute atomic E-state index is 0.133. The number of nitrogens with one attached hydrogen (secondary N) is 2. The van der Waals surface area contributed by atoms with Gasteiger partial charge in [0.1, 0.15) is 6.04 Å². The van der Waals surface area contributed by atoms with Gasteiger partial charge in [-0.2, -0.15) is 0 Å². The number of aryl methyl sites for hydroxylation is 1. The smallest absolute Gasteiger partial charge is 0.261 e. The van der Waals surface area contributed by atoms with E-state index < -0.39 is 6.04 Å². The third-order valence-corrected chi connectivity index (χ3v) is 7.54. The zero-order valence-corrected chi connectivity index (χ0v) is 20.1. The summed E-state index contributed by atoms with van der Waals surface area (Å²) in [5.74, 6) is -0.836. The predicted octanol–water partition coefficient (Wildman–Crippen LogP) is 4.68. The van der Waals surface area contributed by atoms with Gasteiger partial charge in [-0.15, -0.1) is 22.7 Å². The highest BCUT2D eigenvalue weighted by atomic mass is 32.1. The predicted molar refractivity (Wildman–Crippen MR) is 133 cm³/mol. The van der Waals surface area contributed by atoms with Crippen LogP contribution in [-0.2, 0) is 9.59 Å². The number of hydrogen-bond acceptors (Lipinski definition) is 5. The molecule has 0 bridgehead atoms. The molecule has 0 radical (unpaired) electrons. The first kappa shape index (κ1) is 23.2. The van der Waals surface area contributed by atoms with Gasteiger partial charge in [0.25, 0.3) is 5.91 Å². The molecule has 33 heavy (non-hydrogen) atoms. The van der Waals surface area contributed by atoms with Crippen LogP contribution in [0.2, 0.25) is 0 Å². The summed E-state index contributed by atoms with van der Waals surface area (Å²) in [6.07, 6.45) is 4.12. The van der Waals surface area contributed by atoms with Crippen LogP contribution in [-0.4, -0.2) is 30.3 Å². The van der Waals surface area contributed by atoms with Gasteiger partial charge in [0.05, 0.1) is 11.4 Å². The minimum Gasteiger partial charge on any atom is -0.351 e. The molecule has 2 N–H and O–H groups in total. The zero-order chi connectivity index (χ0) is 23.2. The van der Waals surface area contributed by atoms with E-state index in [1.165, 1.54) is 27.6 Å². The molecular formula is C25H27N3O3S2. The molecule has 8 heteroatoms. The van der Waals surface area contributed by atoms with Crippen LogP contribution in [0, 0.1) is 6.92 Å². The van der Waals surface area contributed by atoms with E-state index in [4.69, 9.17) is 0 Å². The van der Waals surface area contributed by atoms with E-state index in [1.807, 2.05) is 54.1 Å². The second kappa shape index (κ2) is 10.8. The van der Waals surface area contributed by atoms with Gasteiger partial charge in [0.15, 0.2) is 0 Å². The number of carbonyl (C=O) groups excluding carboxylic acids is 3. The molecule has 0 aliphatic heterocycles. The van der Waals surface area contributed by atoms with Gasteiger partial charge in [0, 0.05) is 16.6 Å². The third-order valence-electron chi connectivity index (χ3n) is 5.75. The summed E-state index contributed by atoms with van der Waals surface area (Å²) >= 11 is 2.76. The number of hydrogen-bond donors (Lipinski definition) is 2. The van der Waals surface area contributed by atoms with E-state index in [2.05, 4.69) is 10.6 Å². The summed E-state index contributed by atoms with van der Waals surface area (Å²) in [4.78, 5) is 42.3. The Morgan fingerprint density at radius 1 is 1.00 bits per heavy atom. The Balaban J connectivity index is 1.63. The molecular weight excluding hydrogens is 454 g/mol. The van der Waals surface area contributed by atoms with Gasteiger partial charge in [0.2, 0.25) is 11.8 Å². The van der Waals surface area contributed by atoms with Crippen molar-refractivity contribution in [2.45, 2.75) is 44.7 Å². The number of anilines is 1. The van der Waals surface area contributed by atoms with Gasteiger partial charge < -0.3 is 10.6 Å². The lowest BCUT2D eigenvalue weighted by Crippen LogP contribution is -2.48. The van der Waals surface area contributed by atoms with Crippen molar-refractivity contribution in [3.63, 3.8) is 0 Å². The average molecular weight is 482 g/mol. The van der Waals surface area contributed by atoms with Gasteiger partial charge in [-0.25, -0.2) is 0 Å². The number of benzene rings is 1. The summed E-state index contributed by atoms with van der Waals surface area (Å²) < 4.78 is 0. The fourth-order valence-electron chi connectivity index (χ4n) is 4.05. The fourth-order valence-corrected chi connectivity index (χ4v) is 5.50. The van der Waals surface area contributed by atoms with E-state index in [0.717, 1.165) is 36.1 Å². The van der Waals surface area contributed by atoms with Gasteiger partial charge in [-0.1, -0.05) is 42.7 Å². The van der Waals surface area contributed by atoms with Crippen molar-refractivity contribution in [1.82, 2.24) is 10.6 Å². The minimum atomic E-state index is -0.806. The molecule has 1 aromatic carbocycles. The lowest BCUT2D eigenvalue weighted by molar-refractivity contribution is -0.126. The van der Waals surface area contributed by atoms with Crippen molar-refractivity contribution in [3.05, 3.63) is 74.6 Å². The summed E-state index contributed by atoms with van der Waals surface area (Å²) in [7, 11) is 0. The molecule has 1 fully saturated rings. The van der Waals surface area contributed by atoms with Crippen LogP contribution < -0.4 is 15.5 Å². The summed E-state index contributed by atoms with van der Waals surface area (Å²) in [6, 6.07) is 14.1. The highest BCUT2D eigenvalue weighted by molar-refractivity contribution is 7.12. The summed E-state index contributed by atoms with van der Waals surface area (Å²) in [6.45, 7) is 1.77. The molecule has 0 saturated heterocycles. The lowest BCUT2D eigenvalue weighted by Gasteiger charge is -2.31. The first-order valence-electron chi connectivity index (χ1n) is 11.1. The average Bonchev–Trinajstić information content (AvgIpc) is 3.60. The quantitative estimate of drug-likeness (QED) is 0.490. The van der Waals surface area contributed by atoms with Crippen LogP contribution in [0.5, 0.6) is 0 Å². The fraction of sp³-hybridized carbons (Fsp3) is 0.320. The van der Waals surface area contributed by atoms with Crippen LogP contribution in [0.1, 0.15) is 51.8 Å². The zero-order valence-electron chi connectivity index (χ0n) is 18.5. The molecule has 1 aliphatic carbocycles. The van der Waals surface area contributed by atoms with Gasteiger partial charge >= 0.3 is 0 Å². The van der Waals surface area contributed by atoms with E-state index in [0.29, 0.717) is 10.6 Å². The molecule has 6 nitrogen and oxygen atoms in total.